The van der Waals surface area contributed by atoms with Gasteiger partial charge in [0.15, 0.2) is 11.9 Å². The van der Waals surface area contributed by atoms with Crippen LogP contribution in [0, 0.1) is 10.1 Å². The normalized spacial score (nSPS) is 18.7. The number of ether oxygens (including phenoxy) is 1. The molecule has 10 nitrogen and oxygen atoms in total. The van der Waals surface area contributed by atoms with Crippen LogP contribution in [0.3, 0.4) is 0 Å². The minimum absolute atomic E-state index is 0.261. The molecule has 0 N–H and O–H groups in total. The highest BCUT2D eigenvalue weighted by atomic mass is 16.7. The van der Waals surface area contributed by atoms with Crippen molar-refractivity contribution in [3.8, 4) is 0 Å². The van der Waals surface area contributed by atoms with Crippen molar-refractivity contribution in [2.75, 3.05) is 37.7 Å². The smallest absolute Gasteiger partial charge is 0.433 e. The first-order valence-electron chi connectivity index (χ1n) is 9.79. The van der Waals surface area contributed by atoms with E-state index in [1.165, 1.54) is 12.1 Å². The third kappa shape index (κ3) is 4.07. The maximum absolute atomic E-state index is 11.8. The number of nitrogens with zero attached hydrogens (tertiary/aromatic N) is 4. The zero-order valence-corrected chi connectivity index (χ0v) is 16.5. The minimum Gasteiger partial charge on any atom is -0.450 e. The van der Waals surface area contributed by atoms with Gasteiger partial charge in [0.1, 0.15) is 10.6 Å². The van der Waals surface area contributed by atoms with E-state index >= 15 is 0 Å². The summed E-state index contributed by atoms with van der Waals surface area (Å²) in [5.74, 6) is 0.0313. The summed E-state index contributed by atoms with van der Waals surface area (Å²) in [6.45, 7) is 4.91. The zero-order chi connectivity index (χ0) is 21.1. The van der Waals surface area contributed by atoms with Crippen molar-refractivity contribution in [1.82, 2.24) is 4.90 Å². The van der Waals surface area contributed by atoms with Crippen molar-refractivity contribution in [3.05, 3.63) is 57.8 Å². The lowest BCUT2D eigenvalue weighted by Crippen LogP contribution is -2.49. The number of carbonyl (C=O) groups excluding carboxylic acids is 1. The zero-order valence-electron chi connectivity index (χ0n) is 16.5. The van der Waals surface area contributed by atoms with E-state index in [1.807, 2.05) is 24.3 Å². The molecule has 1 amide bonds. The molecule has 3 heterocycles. The number of oxime groups is 1. The van der Waals surface area contributed by atoms with Crippen LogP contribution in [-0.4, -0.2) is 54.4 Å². The Labute approximate surface area is 172 Å². The van der Waals surface area contributed by atoms with Gasteiger partial charge in [-0.2, -0.15) is 0 Å². The number of rotatable bonds is 5. The largest absolute Gasteiger partial charge is 0.450 e. The van der Waals surface area contributed by atoms with Gasteiger partial charge in [-0.05, 0) is 30.7 Å². The number of hydrogen-bond donors (Lipinski definition) is 0. The molecule has 2 aromatic rings. The Bertz CT molecular complexity index is 946. The highest BCUT2D eigenvalue weighted by Crippen LogP contribution is 2.32. The summed E-state index contributed by atoms with van der Waals surface area (Å²) in [6.07, 6.45) is -0.0511. The number of piperazine rings is 1. The van der Waals surface area contributed by atoms with Crippen molar-refractivity contribution >= 4 is 23.4 Å². The van der Waals surface area contributed by atoms with Gasteiger partial charge in [-0.3, -0.25) is 10.1 Å². The van der Waals surface area contributed by atoms with Crippen molar-refractivity contribution in [2.45, 2.75) is 19.4 Å². The molecule has 158 valence electrons. The number of carbonyl (C=O) groups is 1. The van der Waals surface area contributed by atoms with Crippen LogP contribution in [0.15, 0.2) is 46.0 Å². The molecule has 0 bridgehead atoms. The molecule has 0 spiro atoms. The Hall–Kier alpha value is -3.56. The van der Waals surface area contributed by atoms with Crippen LogP contribution in [-0.2, 0) is 9.57 Å². The molecule has 1 atom stereocenters. The van der Waals surface area contributed by atoms with Gasteiger partial charge in [0.2, 0.25) is 0 Å². The highest BCUT2D eigenvalue weighted by Gasteiger charge is 2.28. The van der Waals surface area contributed by atoms with Crippen LogP contribution >= 0.6 is 0 Å². The lowest BCUT2D eigenvalue weighted by Gasteiger charge is -2.35. The average molecular weight is 414 g/mol. The number of nitro groups is 1. The lowest BCUT2D eigenvalue weighted by atomic mass is 10.0. The van der Waals surface area contributed by atoms with Gasteiger partial charge in [-0.1, -0.05) is 17.3 Å². The molecule has 2 aliphatic heterocycles. The summed E-state index contributed by atoms with van der Waals surface area (Å²) in [7, 11) is 0. The van der Waals surface area contributed by atoms with Crippen LogP contribution in [0.4, 0.5) is 16.4 Å². The van der Waals surface area contributed by atoms with Gasteiger partial charge in [-0.25, -0.2) is 4.79 Å². The van der Waals surface area contributed by atoms with Gasteiger partial charge in [0.25, 0.3) is 0 Å². The predicted molar refractivity (Wildman–Crippen MR) is 108 cm³/mol. The monoisotopic (exact) mass is 414 g/mol. The molecule has 30 heavy (non-hydrogen) atoms. The van der Waals surface area contributed by atoms with Crippen molar-refractivity contribution < 1.29 is 23.7 Å². The highest BCUT2D eigenvalue weighted by molar-refractivity contribution is 5.99. The fourth-order valence-electron chi connectivity index (χ4n) is 3.54. The van der Waals surface area contributed by atoms with E-state index in [1.54, 1.807) is 11.8 Å². The maximum Gasteiger partial charge on any atom is 0.433 e. The molecule has 0 aliphatic carbocycles. The molecule has 1 fully saturated rings. The SMILES string of the molecule is CCOC(=O)N1CCN(c2ccc(C3CC(c4ccc([N+](=O)[O-])o4)=NO3)cc2)CC1. The minimum atomic E-state index is -0.581. The van der Waals surface area contributed by atoms with E-state index in [9.17, 15) is 14.9 Å². The quantitative estimate of drug-likeness (QED) is 0.545. The predicted octanol–water partition coefficient (Wildman–Crippen LogP) is 3.33. The molecule has 1 aromatic heterocycles. The summed E-state index contributed by atoms with van der Waals surface area (Å²) in [4.78, 5) is 31.5. The lowest BCUT2D eigenvalue weighted by molar-refractivity contribution is -0.402. The maximum atomic E-state index is 11.8. The molecular formula is C20H22N4O6. The standard InChI is InChI=1S/C20H22N4O6/c1-2-28-20(25)23-11-9-22(10-12-23)15-5-3-14(4-6-15)18-13-16(21-30-18)17-7-8-19(29-17)24(26)27/h3-8,18H,2,9-13H2,1H3. The third-order valence-electron chi connectivity index (χ3n) is 5.16. The van der Waals surface area contributed by atoms with Crippen molar-refractivity contribution in [3.63, 3.8) is 0 Å². The molecule has 1 saturated heterocycles. The van der Waals surface area contributed by atoms with E-state index in [-0.39, 0.29) is 18.1 Å². The molecule has 0 saturated carbocycles. The van der Waals surface area contributed by atoms with E-state index in [0.717, 1.165) is 24.3 Å². The molecule has 4 rings (SSSR count). The first-order valence-corrected chi connectivity index (χ1v) is 9.79. The van der Waals surface area contributed by atoms with E-state index in [2.05, 4.69) is 10.1 Å². The molecule has 10 heteroatoms. The Morgan fingerprint density at radius 2 is 1.93 bits per heavy atom. The fraction of sp³-hybridized carbons (Fsp3) is 0.400. The van der Waals surface area contributed by atoms with Crippen LogP contribution in [0.5, 0.6) is 0 Å². The number of anilines is 1. The van der Waals surface area contributed by atoms with Crippen molar-refractivity contribution in [2.24, 2.45) is 5.16 Å². The summed E-state index contributed by atoms with van der Waals surface area (Å²) < 4.78 is 10.3. The summed E-state index contributed by atoms with van der Waals surface area (Å²) >= 11 is 0. The second kappa shape index (κ2) is 8.44. The second-order valence-corrected chi connectivity index (χ2v) is 7.00. The number of benzene rings is 1. The summed E-state index contributed by atoms with van der Waals surface area (Å²) in [5, 5.41) is 14.8. The van der Waals surface area contributed by atoms with Gasteiger partial charge < -0.3 is 23.8 Å². The molecule has 0 radical (unpaired) electrons. The Morgan fingerprint density at radius 1 is 1.20 bits per heavy atom. The first-order chi connectivity index (χ1) is 14.5. The molecule has 1 aromatic carbocycles. The Morgan fingerprint density at radius 3 is 2.57 bits per heavy atom. The number of hydrogen-bond acceptors (Lipinski definition) is 8. The Balaban J connectivity index is 1.33. The second-order valence-electron chi connectivity index (χ2n) is 7.00. The van der Waals surface area contributed by atoms with Gasteiger partial charge in [0, 0.05) is 38.3 Å². The first kappa shape index (κ1) is 19.7. The van der Waals surface area contributed by atoms with Gasteiger partial charge in [0.05, 0.1) is 12.7 Å². The van der Waals surface area contributed by atoms with E-state index < -0.39 is 4.92 Å². The van der Waals surface area contributed by atoms with Crippen LogP contribution in [0.25, 0.3) is 0 Å². The fourth-order valence-corrected chi connectivity index (χ4v) is 3.54. The number of amides is 1. The van der Waals surface area contributed by atoms with Gasteiger partial charge >= 0.3 is 12.0 Å². The molecular weight excluding hydrogens is 392 g/mol. The molecule has 1 unspecified atom stereocenters. The van der Waals surface area contributed by atoms with Crippen molar-refractivity contribution in [1.29, 1.82) is 0 Å². The van der Waals surface area contributed by atoms with Crippen LogP contribution in [0.1, 0.15) is 30.8 Å². The van der Waals surface area contributed by atoms with E-state index in [0.29, 0.717) is 37.6 Å². The average Bonchev–Trinajstić information content (AvgIpc) is 3.44. The van der Waals surface area contributed by atoms with Gasteiger partial charge in [-0.15, -0.1) is 0 Å². The van der Waals surface area contributed by atoms with Crippen LogP contribution in [0.2, 0.25) is 0 Å². The summed E-state index contributed by atoms with van der Waals surface area (Å²) in [5.41, 5.74) is 2.58. The van der Waals surface area contributed by atoms with E-state index in [4.69, 9.17) is 14.0 Å². The van der Waals surface area contributed by atoms with Crippen LogP contribution < -0.4 is 4.90 Å². The third-order valence-corrected chi connectivity index (χ3v) is 5.16. The molecule has 2 aliphatic rings. The topological polar surface area (TPSA) is 111 Å². The Kier molecular flexibility index (Phi) is 5.55. The summed E-state index contributed by atoms with van der Waals surface area (Å²) in [6, 6.07) is 10.9. The number of furan rings is 1.